The van der Waals surface area contributed by atoms with Crippen molar-refractivity contribution in [3.8, 4) is 22.8 Å². The number of halogens is 1. The SMILES string of the molecule is COc1nc(C)c(-c2ccn3nc(N)nc3c2)cc1C(=O)NCc1ccccc1OCC1CC(C)(F)C1. The predicted molar refractivity (Wildman–Crippen MR) is 137 cm³/mol. The topological polar surface area (TPSA) is 117 Å². The smallest absolute Gasteiger partial charge is 0.257 e. The Morgan fingerprint density at radius 2 is 2.03 bits per heavy atom. The summed E-state index contributed by atoms with van der Waals surface area (Å²) in [6.45, 7) is 4.17. The Kier molecular flexibility index (Phi) is 6.41. The number of hydrogen-bond acceptors (Lipinski definition) is 7. The summed E-state index contributed by atoms with van der Waals surface area (Å²) in [4.78, 5) is 22.0. The number of rotatable bonds is 8. The van der Waals surface area contributed by atoms with Gasteiger partial charge in [0.15, 0.2) is 5.65 Å². The van der Waals surface area contributed by atoms with Gasteiger partial charge < -0.3 is 20.5 Å². The van der Waals surface area contributed by atoms with Crippen LogP contribution in [-0.4, -0.2) is 44.9 Å². The molecule has 1 aromatic carbocycles. The maximum atomic E-state index is 13.8. The molecule has 0 spiro atoms. The van der Waals surface area contributed by atoms with Crippen molar-refractivity contribution in [2.75, 3.05) is 19.5 Å². The molecule has 3 heterocycles. The predicted octanol–water partition coefficient (Wildman–Crippen LogP) is 4.14. The first kappa shape index (κ1) is 24.5. The van der Waals surface area contributed by atoms with Crippen molar-refractivity contribution in [1.29, 1.82) is 0 Å². The molecule has 1 fully saturated rings. The fraction of sp³-hybridized carbons (Fsp3) is 0.333. The number of amides is 1. The largest absolute Gasteiger partial charge is 0.493 e. The highest BCUT2D eigenvalue weighted by molar-refractivity contribution is 5.97. The number of benzene rings is 1. The van der Waals surface area contributed by atoms with Crippen LogP contribution in [0.1, 0.15) is 41.4 Å². The van der Waals surface area contributed by atoms with E-state index in [-0.39, 0.29) is 30.2 Å². The first-order valence-electron chi connectivity index (χ1n) is 12.1. The van der Waals surface area contributed by atoms with E-state index in [0.717, 1.165) is 16.7 Å². The first-order valence-corrected chi connectivity index (χ1v) is 12.1. The molecular weight excluding hydrogens is 475 g/mol. The fourth-order valence-electron chi connectivity index (χ4n) is 4.79. The quantitative estimate of drug-likeness (QED) is 0.370. The third kappa shape index (κ3) is 5.18. The third-order valence-electron chi connectivity index (χ3n) is 6.60. The van der Waals surface area contributed by atoms with Crippen LogP contribution in [0.4, 0.5) is 10.3 Å². The summed E-state index contributed by atoms with van der Waals surface area (Å²) in [5, 5.41) is 7.05. The van der Waals surface area contributed by atoms with Crippen LogP contribution < -0.4 is 20.5 Å². The summed E-state index contributed by atoms with van der Waals surface area (Å²) in [5.74, 6) is 0.952. The second kappa shape index (κ2) is 9.68. The number of anilines is 1. The Bertz CT molecular complexity index is 1460. The standard InChI is InChI=1S/C27H29FN6O3/c1-16-20(18-8-9-34-23(10-18)32-26(29)33-34)11-21(25(31-16)36-3)24(35)30-14-19-6-4-5-7-22(19)37-15-17-12-27(2,28)13-17/h4-11,17H,12-15H2,1-3H3,(H2,29,33)(H,30,35). The zero-order valence-corrected chi connectivity index (χ0v) is 21.0. The number of pyridine rings is 2. The molecule has 1 saturated carbocycles. The van der Waals surface area contributed by atoms with Crippen LogP contribution in [0.3, 0.4) is 0 Å². The van der Waals surface area contributed by atoms with Gasteiger partial charge in [-0.3, -0.25) is 4.79 Å². The van der Waals surface area contributed by atoms with Gasteiger partial charge in [0, 0.05) is 29.6 Å². The van der Waals surface area contributed by atoms with Crippen molar-refractivity contribution in [3.05, 3.63) is 65.5 Å². The highest BCUT2D eigenvalue weighted by Gasteiger charge is 2.40. The summed E-state index contributed by atoms with van der Waals surface area (Å²) in [6.07, 6.45) is 2.77. The van der Waals surface area contributed by atoms with Crippen LogP contribution in [0.2, 0.25) is 0 Å². The number of nitrogens with two attached hydrogens (primary N) is 1. The number of aromatic nitrogens is 4. The zero-order valence-electron chi connectivity index (χ0n) is 21.0. The monoisotopic (exact) mass is 504 g/mol. The molecule has 1 amide bonds. The number of para-hydroxylation sites is 1. The van der Waals surface area contributed by atoms with Crippen LogP contribution in [0.15, 0.2) is 48.7 Å². The second-order valence-corrected chi connectivity index (χ2v) is 9.66. The Morgan fingerprint density at radius 1 is 1.24 bits per heavy atom. The highest BCUT2D eigenvalue weighted by atomic mass is 19.1. The number of fused-ring (bicyclic) bond motifs is 1. The molecule has 1 aliphatic carbocycles. The number of hydrogen-bond donors (Lipinski definition) is 2. The molecule has 4 aromatic rings. The summed E-state index contributed by atoms with van der Waals surface area (Å²) in [6, 6.07) is 13.0. The third-order valence-corrected chi connectivity index (χ3v) is 6.60. The Morgan fingerprint density at radius 3 is 2.78 bits per heavy atom. The van der Waals surface area contributed by atoms with Crippen LogP contribution in [-0.2, 0) is 6.54 Å². The van der Waals surface area contributed by atoms with E-state index in [4.69, 9.17) is 15.2 Å². The van der Waals surface area contributed by atoms with E-state index < -0.39 is 5.67 Å². The zero-order chi connectivity index (χ0) is 26.2. The Hall–Kier alpha value is -4.21. The van der Waals surface area contributed by atoms with E-state index in [2.05, 4.69) is 20.4 Å². The maximum absolute atomic E-state index is 13.8. The van der Waals surface area contributed by atoms with Crippen molar-refractivity contribution >= 4 is 17.5 Å². The lowest BCUT2D eigenvalue weighted by Crippen LogP contribution is -2.39. The van der Waals surface area contributed by atoms with Crippen LogP contribution in [0.5, 0.6) is 11.6 Å². The molecule has 3 N–H and O–H groups in total. The summed E-state index contributed by atoms with van der Waals surface area (Å²) in [5.41, 5.74) is 8.62. The normalized spacial score (nSPS) is 18.9. The van der Waals surface area contributed by atoms with Crippen molar-refractivity contribution < 1.29 is 18.7 Å². The molecule has 0 saturated heterocycles. The fourth-order valence-corrected chi connectivity index (χ4v) is 4.79. The molecule has 1 aliphatic rings. The summed E-state index contributed by atoms with van der Waals surface area (Å²) in [7, 11) is 1.48. The van der Waals surface area contributed by atoms with E-state index >= 15 is 0 Å². The molecule has 9 nitrogen and oxygen atoms in total. The average Bonchev–Trinajstić information content (AvgIpc) is 3.24. The maximum Gasteiger partial charge on any atom is 0.257 e. The Balaban J connectivity index is 1.33. The molecule has 10 heteroatoms. The molecule has 3 aromatic heterocycles. The van der Waals surface area contributed by atoms with Gasteiger partial charge in [0.2, 0.25) is 11.8 Å². The van der Waals surface area contributed by atoms with Crippen molar-refractivity contribution in [1.82, 2.24) is 24.9 Å². The van der Waals surface area contributed by atoms with Gasteiger partial charge in [0.05, 0.1) is 13.7 Å². The van der Waals surface area contributed by atoms with Crippen LogP contribution in [0, 0.1) is 12.8 Å². The molecule has 0 bridgehead atoms. The summed E-state index contributed by atoms with van der Waals surface area (Å²) < 4.78 is 26.8. The van der Waals surface area contributed by atoms with Crippen molar-refractivity contribution in [2.45, 2.75) is 38.9 Å². The summed E-state index contributed by atoms with van der Waals surface area (Å²) >= 11 is 0. The first-order chi connectivity index (χ1) is 17.7. The lowest BCUT2D eigenvalue weighted by molar-refractivity contribution is 0.00225. The molecular formula is C27H29FN6O3. The minimum Gasteiger partial charge on any atom is -0.493 e. The van der Waals surface area contributed by atoms with E-state index in [1.54, 1.807) is 23.7 Å². The van der Waals surface area contributed by atoms with Crippen LogP contribution >= 0.6 is 0 Å². The molecule has 192 valence electrons. The number of nitrogens with zero attached hydrogens (tertiary/aromatic N) is 4. The van der Waals surface area contributed by atoms with Gasteiger partial charge in [-0.15, -0.1) is 5.10 Å². The average molecular weight is 505 g/mol. The van der Waals surface area contributed by atoms with E-state index in [1.165, 1.54) is 7.11 Å². The molecule has 37 heavy (non-hydrogen) atoms. The van der Waals surface area contributed by atoms with E-state index in [1.807, 2.05) is 43.3 Å². The lowest BCUT2D eigenvalue weighted by Gasteiger charge is -2.38. The van der Waals surface area contributed by atoms with Gasteiger partial charge in [0.1, 0.15) is 17.0 Å². The number of ether oxygens (including phenoxy) is 2. The molecule has 0 radical (unpaired) electrons. The number of alkyl halides is 1. The second-order valence-electron chi connectivity index (χ2n) is 9.66. The number of nitrogens with one attached hydrogen (secondary N) is 1. The minimum atomic E-state index is -1.09. The molecule has 0 atom stereocenters. The number of carbonyl (C=O) groups excluding carboxylic acids is 1. The number of methoxy groups -OCH3 is 1. The van der Waals surface area contributed by atoms with E-state index in [0.29, 0.717) is 42.1 Å². The lowest BCUT2D eigenvalue weighted by atomic mass is 9.74. The Labute approximate surface area is 213 Å². The number of carbonyl (C=O) groups is 1. The number of nitrogen functional groups attached to an aromatic ring is 1. The van der Waals surface area contributed by atoms with E-state index in [9.17, 15) is 9.18 Å². The highest BCUT2D eigenvalue weighted by Crippen LogP contribution is 2.41. The molecule has 0 aliphatic heterocycles. The van der Waals surface area contributed by atoms with Crippen molar-refractivity contribution in [3.63, 3.8) is 0 Å². The molecule has 5 rings (SSSR count). The van der Waals surface area contributed by atoms with Gasteiger partial charge in [-0.1, -0.05) is 18.2 Å². The minimum absolute atomic E-state index is 0.180. The van der Waals surface area contributed by atoms with Crippen LogP contribution in [0.25, 0.3) is 16.8 Å². The van der Waals surface area contributed by atoms with Gasteiger partial charge >= 0.3 is 0 Å². The van der Waals surface area contributed by atoms with Gasteiger partial charge in [-0.2, -0.15) is 4.98 Å². The molecule has 0 unspecified atom stereocenters. The van der Waals surface area contributed by atoms with Gasteiger partial charge in [-0.25, -0.2) is 13.9 Å². The van der Waals surface area contributed by atoms with Gasteiger partial charge in [-0.05, 0) is 62.4 Å². The van der Waals surface area contributed by atoms with Gasteiger partial charge in [0.25, 0.3) is 5.91 Å². The van der Waals surface area contributed by atoms with Crippen molar-refractivity contribution in [2.24, 2.45) is 5.92 Å². The number of aryl methyl sites for hydroxylation is 1.